The van der Waals surface area contributed by atoms with Crippen LogP contribution in [0.2, 0.25) is 0 Å². The molecule has 0 radical (unpaired) electrons. The second kappa shape index (κ2) is 6.08. The van der Waals surface area contributed by atoms with E-state index in [1.54, 1.807) is 12.1 Å². The Morgan fingerprint density at radius 3 is 2.60 bits per heavy atom. The molecule has 1 heterocycles. The maximum atomic E-state index is 10.8. The number of nitrogens with zero attached hydrogens (tertiary/aromatic N) is 2. The van der Waals surface area contributed by atoms with Gasteiger partial charge in [-0.15, -0.1) is 0 Å². The molecule has 20 heavy (non-hydrogen) atoms. The summed E-state index contributed by atoms with van der Waals surface area (Å²) in [6, 6.07) is 4.49. The van der Waals surface area contributed by atoms with Crippen LogP contribution >= 0.6 is 15.9 Å². The van der Waals surface area contributed by atoms with Crippen molar-refractivity contribution < 1.29 is 19.6 Å². The Hall–Kier alpha value is -1.83. The number of halogens is 1. The van der Waals surface area contributed by atoms with Crippen molar-refractivity contribution in [1.29, 1.82) is 0 Å². The highest BCUT2D eigenvalue weighted by atomic mass is 79.9. The molecule has 108 valence electrons. The van der Waals surface area contributed by atoms with Gasteiger partial charge in [-0.25, -0.2) is 4.79 Å². The fourth-order valence-electron chi connectivity index (χ4n) is 2.07. The average Bonchev–Trinajstić information content (AvgIpc) is 2.39. The van der Waals surface area contributed by atoms with Gasteiger partial charge in [-0.3, -0.25) is 10.1 Å². The summed E-state index contributed by atoms with van der Waals surface area (Å²) in [5, 5.41) is 19.5. The number of amides is 1. The first kappa shape index (κ1) is 14.6. The second-order valence-electron chi connectivity index (χ2n) is 4.46. The van der Waals surface area contributed by atoms with Gasteiger partial charge >= 0.3 is 6.09 Å². The maximum Gasteiger partial charge on any atom is 0.407 e. The number of likely N-dealkylation sites (tertiary alicyclic amines) is 1. The van der Waals surface area contributed by atoms with Crippen LogP contribution in [0.3, 0.4) is 0 Å². The summed E-state index contributed by atoms with van der Waals surface area (Å²) in [6.07, 6.45) is 0.238. The molecule has 8 heteroatoms. The molecule has 0 atom stereocenters. The number of nitro benzene ring substituents is 1. The highest BCUT2D eigenvalue weighted by Crippen LogP contribution is 2.30. The van der Waals surface area contributed by atoms with Gasteiger partial charge in [0.15, 0.2) is 0 Å². The Kier molecular flexibility index (Phi) is 4.43. The number of rotatable bonds is 3. The van der Waals surface area contributed by atoms with Crippen LogP contribution in [0.1, 0.15) is 12.8 Å². The van der Waals surface area contributed by atoms with Gasteiger partial charge in [-0.1, -0.05) is 0 Å². The van der Waals surface area contributed by atoms with E-state index in [0.717, 1.165) is 0 Å². The Balaban J connectivity index is 1.96. The molecule has 1 amide bonds. The third-order valence-electron chi connectivity index (χ3n) is 3.13. The Morgan fingerprint density at radius 2 is 2.10 bits per heavy atom. The van der Waals surface area contributed by atoms with Crippen LogP contribution in [-0.2, 0) is 0 Å². The minimum atomic E-state index is -0.915. The van der Waals surface area contributed by atoms with Crippen molar-refractivity contribution in [1.82, 2.24) is 4.90 Å². The summed E-state index contributed by atoms with van der Waals surface area (Å²) in [6.45, 7) is 0.877. The summed E-state index contributed by atoms with van der Waals surface area (Å²) in [5.74, 6) is 0.538. The van der Waals surface area contributed by atoms with Crippen molar-refractivity contribution in [3.8, 4) is 5.75 Å². The summed E-state index contributed by atoms with van der Waals surface area (Å²) < 4.78 is 6.09. The van der Waals surface area contributed by atoms with E-state index in [4.69, 9.17) is 9.84 Å². The van der Waals surface area contributed by atoms with Crippen LogP contribution in [-0.4, -0.2) is 40.2 Å². The smallest absolute Gasteiger partial charge is 0.407 e. The number of hydrogen-bond donors (Lipinski definition) is 1. The predicted octanol–water partition coefficient (Wildman–Crippen LogP) is 2.88. The monoisotopic (exact) mass is 344 g/mol. The predicted molar refractivity (Wildman–Crippen MR) is 74.0 cm³/mol. The normalized spacial score (nSPS) is 15.9. The van der Waals surface area contributed by atoms with Crippen molar-refractivity contribution in [3.05, 3.63) is 32.8 Å². The number of carbonyl (C=O) groups is 1. The number of ether oxygens (including phenoxy) is 1. The molecule has 1 aromatic rings. The van der Waals surface area contributed by atoms with Crippen LogP contribution in [0.15, 0.2) is 22.7 Å². The number of nitro groups is 1. The third-order valence-corrected chi connectivity index (χ3v) is 3.77. The van der Waals surface area contributed by atoms with Crippen LogP contribution in [0.5, 0.6) is 5.75 Å². The van der Waals surface area contributed by atoms with E-state index in [9.17, 15) is 14.9 Å². The lowest BCUT2D eigenvalue weighted by atomic mass is 10.1. The molecular formula is C12H13BrN2O5. The molecule has 0 unspecified atom stereocenters. The third kappa shape index (κ3) is 3.38. The molecule has 1 saturated heterocycles. The first-order chi connectivity index (χ1) is 9.47. The van der Waals surface area contributed by atoms with Crippen molar-refractivity contribution in [2.75, 3.05) is 13.1 Å². The zero-order chi connectivity index (χ0) is 14.7. The lowest BCUT2D eigenvalue weighted by molar-refractivity contribution is -0.385. The summed E-state index contributed by atoms with van der Waals surface area (Å²) in [5.41, 5.74) is -0.0157. The molecule has 0 spiro atoms. The second-order valence-corrected chi connectivity index (χ2v) is 5.31. The van der Waals surface area contributed by atoms with Crippen molar-refractivity contribution in [3.63, 3.8) is 0 Å². The van der Waals surface area contributed by atoms with E-state index >= 15 is 0 Å². The molecule has 2 rings (SSSR count). The number of piperidine rings is 1. The molecule has 0 aromatic heterocycles. The van der Waals surface area contributed by atoms with Crippen LogP contribution in [0, 0.1) is 10.1 Å². The van der Waals surface area contributed by atoms with E-state index in [1.165, 1.54) is 11.0 Å². The number of carboxylic acid groups (broad SMARTS) is 1. The molecular weight excluding hydrogens is 332 g/mol. The van der Waals surface area contributed by atoms with E-state index < -0.39 is 11.0 Å². The first-order valence-electron chi connectivity index (χ1n) is 6.06. The van der Waals surface area contributed by atoms with Crippen LogP contribution in [0.25, 0.3) is 0 Å². The number of hydrogen-bond acceptors (Lipinski definition) is 4. The van der Waals surface area contributed by atoms with Crippen molar-refractivity contribution in [2.45, 2.75) is 18.9 Å². The first-order valence-corrected chi connectivity index (χ1v) is 6.85. The van der Waals surface area contributed by atoms with Gasteiger partial charge in [-0.05, 0) is 22.0 Å². The van der Waals surface area contributed by atoms with E-state index in [2.05, 4.69) is 15.9 Å². The largest absolute Gasteiger partial charge is 0.490 e. The van der Waals surface area contributed by atoms with E-state index in [0.29, 0.717) is 36.2 Å². The fourth-order valence-corrected chi connectivity index (χ4v) is 2.57. The lowest BCUT2D eigenvalue weighted by Crippen LogP contribution is -2.41. The molecule has 1 aliphatic rings. The Bertz CT molecular complexity index is 529. The number of benzene rings is 1. The fraction of sp³-hybridized carbons (Fsp3) is 0.417. The molecule has 1 N–H and O–H groups in total. The molecule has 1 fully saturated rings. The van der Waals surface area contributed by atoms with Crippen molar-refractivity contribution >= 4 is 27.7 Å². The average molecular weight is 345 g/mol. The molecule has 1 aliphatic heterocycles. The van der Waals surface area contributed by atoms with Gasteiger partial charge in [0.05, 0.1) is 9.40 Å². The minimum Gasteiger partial charge on any atom is -0.490 e. The Labute approximate surface area is 123 Å². The Morgan fingerprint density at radius 1 is 1.45 bits per heavy atom. The topological polar surface area (TPSA) is 92.9 Å². The summed E-state index contributed by atoms with van der Waals surface area (Å²) in [7, 11) is 0. The van der Waals surface area contributed by atoms with Crippen LogP contribution < -0.4 is 4.74 Å². The standard InChI is InChI=1S/C12H13BrN2O5/c13-10-7-9(1-2-11(10)15(18)19)20-8-3-5-14(6-4-8)12(16)17/h1-2,7-8H,3-6H2,(H,16,17). The van der Waals surface area contributed by atoms with E-state index in [-0.39, 0.29) is 11.8 Å². The zero-order valence-corrected chi connectivity index (χ0v) is 12.1. The van der Waals surface area contributed by atoms with Gasteiger partial charge in [0.1, 0.15) is 11.9 Å². The maximum absolute atomic E-state index is 10.8. The molecule has 0 bridgehead atoms. The van der Waals surface area contributed by atoms with Gasteiger partial charge in [0.2, 0.25) is 0 Å². The summed E-state index contributed by atoms with van der Waals surface area (Å²) in [4.78, 5) is 22.4. The van der Waals surface area contributed by atoms with Gasteiger partial charge in [-0.2, -0.15) is 0 Å². The molecule has 0 aliphatic carbocycles. The van der Waals surface area contributed by atoms with Gasteiger partial charge in [0.25, 0.3) is 5.69 Å². The van der Waals surface area contributed by atoms with E-state index in [1.807, 2.05) is 0 Å². The molecule has 1 aromatic carbocycles. The molecule has 7 nitrogen and oxygen atoms in total. The SMILES string of the molecule is O=C(O)N1CCC(Oc2ccc([N+](=O)[O-])c(Br)c2)CC1. The molecule has 0 saturated carbocycles. The highest BCUT2D eigenvalue weighted by Gasteiger charge is 2.23. The zero-order valence-electron chi connectivity index (χ0n) is 10.5. The quantitative estimate of drug-likeness (QED) is 0.672. The summed E-state index contributed by atoms with van der Waals surface area (Å²) >= 11 is 3.13. The van der Waals surface area contributed by atoms with Gasteiger partial charge in [0, 0.05) is 38.1 Å². The highest BCUT2D eigenvalue weighted by molar-refractivity contribution is 9.10. The van der Waals surface area contributed by atoms with Crippen LogP contribution in [0.4, 0.5) is 10.5 Å². The van der Waals surface area contributed by atoms with Crippen molar-refractivity contribution in [2.24, 2.45) is 0 Å². The lowest BCUT2D eigenvalue weighted by Gasteiger charge is -2.30. The van der Waals surface area contributed by atoms with Gasteiger partial charge < -0.3 is 14.7 Å². The minimum absolute atomic E-state index is 0.0157.